The van der Waals surface area contributed by atoms with Gasteiger partial charge in [-0.3, -0.25) is 0 Å². The van der Waals surface area contributed by atoms with Gasteiger partial charge in [0.1, 0.15) is 11.2 Å². The summed E-state index contributed by atoms with van der Waals surface area (Å²) in [4.78, 5) is 0. The number of hydrogen-bond donors (Lipinski definition) is 0. The van der Waals surface area contributed by atoms with Gasteiger partial charge in [-0.1, -0.05) is 74.8 Å². The molecule has 0 N–H and O–H groups in total. The predicted molar refractivity (Wildman–Crippen MR) is 103 cm³/mol. The van der Waals surface area contributed by atoms with Crippen LogP contribution in [0.1, 0.15) is 26.3 Å². The van der Waals surface area contributed by atoms with Gasteiger partial charge in [0.15, 0.2) is 0 Å². The van der Waals surface area contributed by atoms with Gasteiger partial charge in [0.25, 0.3) is 0 Å². The van der Waals surface area contributed by atoms with E-state index < -0.39 is 0 Å². The van der Waals surface area contributed by atoms with E-state index in [0.717, 1.165) is 33.1 Å². The zero-order valence-corrected chi connectivity index (χ0v) is 14.8. The van der Waals surface area contributed by atoms with Gasteiger partial charge in [-0.05, 0) is 34.2 Å². The average molecular weight is 335 g/mol. The molecule has 0 spiro atoms. The highest BCUT2D eigenvalue weighted by molar-refractivity contribution is 6.32. The molecule has 3 aromatic carbocycles. The molecule has 0 bridgehead atoms. The van der Waals surface area contributed by atoms with Crippen molar-refractivity contribution in [3.8, 4) is 11.1 Å². The molecule has 0 atom stereocenters. The molecule has 1 nitrogen and oxygen atoms in total. The van der Waals surface area contributed by atoms with Crippen LogP contribution in [-0.2, 0) is 5.41 Å². The van der Waals surface area contributed by atoms with Gasteiger partial charge < -0.3 is 4.42 Å². The van der Waals surface area contributed by atoms with Crippen LogP contribution in [0.5, 0.6) is 0 Å². The second-order valence-corrected chi connectivity index (χ2v) is 7.69. The molecule has 0 aliphatic carbocycles. The third-order valence-corrected chi connectivity index (χ3v) is 4.72. The fourth-order valence-electron chi connectivity index (χ4n) is 3.20. The largest absolute Gasteiger partial charge is 0.456 e. The highest BCUT2D eigenvalue weighted by Gasteiger charge is 2.16. The number of fused-ring (bicyclic) bond motifs is 3. The van der Waals surface area contributed by atoms with E-state index in [1.807, 2.05) is 30.3 Å². The fourth-order valence-corrected chi connectivity index (χ4v) is 3.41. The molecule has 0 aliphatic rings. The highest BCUT2D eigenvalue weighted by atomic mass is 35.5. The molecule has 0 amide bonds. The molecular weight excluding hydrogens is 316 g/mol. The summed E-state index contributed by atoms with van der Waals surface area (Å²) in [7, 11) is 0. The first-order valence-corrected chi connectivity index (χ1v) is 8.53. The Morgan fingerprint density at radius 2 is 1.54 bits per heavy atom. The minimum atomic E-state index is 0.143. The third-order valence-electron chi connectivity index (χ3n) is 4.51. The number of para-hydroxylation sites is 1. The Morgan fingerprint density at radius 3 is 2.25 bits per heavy atom. The Balaban J connectivity index is 1.99. The minimum Gasteiger partial charge on any atom is -0.456 e. The van der Waals surface area contributed by atoms with E-state index in [9.17, 15) is 0 Å². The Hall–Kier alpha value is -2.25. The zero-order chi connectivity index (χ0) is 16.9. The van der Waals surface area contributed by atoms with Crippen molar-refractivity contribution in [2.24, 2.45) is 0 Å². The molecule has 24 heavy (non-hydrogen) atoms. The van der Waals surface area contributed by atoms with Crippen molar-refractivity contribution in [2.45, 2.75) is 26.2 Å². The van der Waals surface area contributed by atoms with Crippen molar-refractivity contribution >= 4 is 33.5 Å². The number of halogens is 1. The summed E-state index contributed by atoms with van der Waals surface area (Å²) in [5.74, 6) is 0. The lowest BCUT2D eigenvalue weighted by atomic mass is 9.86. The normalized spacial score (nSPS) is 12.2. The van der Waals surface area contributed by atoms with Crippen LogP contribution in [0.2, 0.25) is 5.02 Å². The highest BCUT2D eigenvalue weighted by Crippen LogP contribution is 2.39. The number of rotatable bonds is 1. The van der Waals surface area contributed by atoms with Crippen LogP contribution in [0, 0.1) is 0 Å². The van der Waals surface area contributed by atoms with Gasteiger partial charge in [-0.25, -0.2) is 0 Å². The summed E-state index contributed by atoms with van der Waals surface area (Å²) < 4.78 is 5.99. The first-order valence-electron chi connectivity index (χ1n) is 8.15. The maximum Gasteiger partial charge on any atom is 0.137 e. The maximum atomic E-state index is 6.35. The lowest BCUT2D eigenvalue weighted by Crippen LogP contribution is -2.10. The van der Waals surface area contributed by atoms with E-state index in [4.69, 9.17) is 16.0 Å². The molecule has 2 heteroatoms. The molecule has 120 valence electrons. The van der Waals surface area contributed by atoms with Crippen molar-refractivity contribution in [3.63, 3.8) is 0 Å². The number of furan rings is 1. The first-order chi connectivity index (χ1) is 11.4. The van der Waals surface area contributed by atoms with Crippen molar-refractivity contribution < 1.29 is 4.42 Å². The van der Waals surface area contributed by atoms with Crippen LogP contribution in [0.4, 0.5) is 0 Å². The van der Waals surface area contributed by atoms with Crippen LogP contribution in [-0.4, -0.2) is 0 Å². The van der Waals surface area contributed by atoms with Gasteiger partial charge in [0, 0.05) is 21.9 Å². The lowest BCUT2D eigenvalue weighted by Gasteiger charge is -2.19. The average Bonchev–Trinajstić information content (AvgIpc) is 2.91. The quantitative estimate of drug-likeness (QED) is 0.358. The molecule has 0 radical (unpaired) electrons. The van der Waals surface area contributed by atoms with E-state index in [2.05, 4.69) is 51.1 Å². The van der Waals surface area contributed by atoms with Gasteiger partial charge in [-0.2, -0.15) is 0 Å². The number of hydrogen-bond acceptors (Lipinski definition) is 1. The van der Waals surface area contributed by atoms with Crippen LogP contribution in [0.15, 0.2) is 65.1 Å². The van der Waals surface area contributed by atoms with Crippen LogP contribution in [0.3, 0.4) is 0 Å². The van der Waals surface area contributed by atoms with Crippen molar-refractivity contribution in [1.82, 2.24) is 0 Å². The smallest absolute Gasteiger partial charge is 0.137 e. The summed E-state index contributed by atoms with van der Waals surface area (Å²) in [6.07, 6.45) is 0. The predicted octanol–water partition coefficient (Wildman–Crippen LogP) is 7.20. The third kappa shape index (κ3) is 2.50. The minimum absolute atomic E-state index is 0.143. The van der Waals surface area contributed by atoms with Crippen LogP contribution < -0.4 is 0 Å². The number of benzene rings is 3. The molecular formula is C22H19ClO. The molecule has 4 rings (SSSR count). The molecule has 0 saturated carbocycles. The first kappa shape index (κ1) is 15.3. The standard InChI is InChI=1S/C22H19ClO/c1-22(2,3)15-10-8-14(9-11-15)18-12-16(23)13-20-21(18)17-6-4-5-7-19(17)24-20/h4-13H,1-3H3. The zero-order valence-electron chi connectivity index (χ0n) is 14.1. The van der Waals surface area contributed by atoms with Crippen LogP contribution in [0.25, 0.3) is 33.1 Å². The van der Waals surface area contributed by atoms with Crippen molar-refractivity contribution in [1.29, 1.82) is 0 Å². The topological polar surface area (TPSA) is 13.1 Å². The summed E-state index contributed by atoms with van der Waals surface area (Å²) >= 11 is 6.35. The molecule has 1 aromatic heterocycles. The lowest BCUT2D eigenvalue weighted by molar-refractivity contribution is 0.590. The van der Waals surface area contributed by atoms with Gasteiger partial charge in [-0.15, -0.1) is 0 Å². The summed E-state index contributed by atoms with van der Waals surface area (Å²) in [6.45, 7) is 6.68. The van der Waals surface area contributed by atoms with E-state index in [0.29, 0.717) is 5.02 Å². The molecule has 0 saturated heterocycles. The van der Waals surface area contributed by atoms with Crippen molar-refractivity contribution in [2.75, 3.05) is 0 Å². The van der Waals surface area contributed by atoms with E-state index in [-0.39, 0.29) is 5.41 Å². The fraction of sp³-hybridized carbons (Fsp3) is 0.182. The van der Waals surface area contributed by atoms with Gasteiger partial charge >= 0.3 is 0 Å². The summed E-state index contributed by atoms with van der Waals surface area (Å²) in [5.41, 5.74) is 5.46. The Labute approximate surface area is 146 Å². The monoisotopic (exact) mass is 334 g/mol. The van der Waals surface area contributed by atoms with Crippen molar-refractivity contribution in [3.05, 3.63) is 71.2 Å². The van der Waals surface area contributed by atoms with E-state index in [1.165, 1.54) is 5.56 Å². The molecule has 0 unspecified atom stereocenters. The summed E-state index contributed by atoms with van der Waals surface area (Å²) in [6, 6.07) is 20.8. The summed E-state index contributed by atoms with van der Waals surface area (Å²) in [5, 5.41) is 2.94. The Bertz CT molecular complexity index is 1030. The van der Waals surface area contributed by atoms with E-state index >= 15 is 0 Å². The second-order valence-electron chi connectivity index (χ2n) is 7.25. The van der Waals surface area contributed by atoms with Gasteiger partial charge in [0.05, 0.1) is 0 Å². The SMILES string of the molecule is CC(C)(C)c1ccc(-c2cc(Cl)cc3oc4ccccc4c23)cc1. The van der Waals surface area contributed by atoms with E-state index in [1.54, 1.807) is 0 Å². The Kier molecular flexibility index (Phi) is 3.43. The maximum absolute atomic E-state index is 6.35. The second kappa shape index (κ2) is 5.39. The van der Waals surface area contributed by atoms with Gasteiger partial charge in [0.2, 0.25) is 0 Å². The van der Waals surface area contributed by atoms with Crippen LogP contribution >= 0.6 is 11.6 Å². The molecule has 0 aliphatic heterocycles. The molecule has 0 fully saturated rings. The Morgan fingerprint density at radius 1 is 0.833 bits per heavy atom. The molecule has 1 heterocycles. The molecule has 4 aromatic rings.